The number of hydrogen-bond acceptors (Lipinski definition) is 4. The molecule has 1 aliphatic carbocycles. The van der Waals surface area contributed by atoms with Crippen molar-refractivity contribution in [1.82, 2.24) is 19.5 Å². The van der Waals surface area contributed by atoms with Crippen molar-refractivity contribution in [2.24, 2.45) is 0 Å². The summed E-state index contributed by atoms with van der Waals surface area (Å²) in [5.41, 5.74) is 1.95. The lowest BCUT2D eigenvalue weighted by Gasteiger charge is -2.23. The van der Waals surface area contributed by atoms with E-state index in [1.165, 1.54) is 32.1 Å². The van der Waals surface area contributed by atoms with Crippen LogP contribution in [0.3, 0.4) is 0 Å². The van der Waals surface area contributed by atoms with Gasteiger partial charge in [-0.15, -0.1) is 0 Å². The van der Waals surface area contributed by atoms with Crippen LogP contribution in [0.15, 0.2) is 24.9 Å². The fourth-order valence-electron chi connectivity index (χ4n) is 2.64. The minimum Gasteiger partial charge on any atom is -0.353 e. The first-order valence-electron chi connectivity index (χ1n) is 6.91. The van der Waals surface area contributed by atoms with E-state index in [1.54, 1.807) is 18.7 Å². The standard InChI is InChI=1S/C14H19N5/c1-11-9-19(13-7-15-10-16-8-13)14(17-11)18-12-5-3-2-4-6-12/h7-10,12H,2-6H2,1H3,(H,17,18). The molecule has 0 bridgehead atoms. The van der Waals surface area contributed by atoms with Gasteiger partial charge in [-0.3, -0.25) is 4.57 Å². The highest BCUT2D eigenvalue weighted by Crippen LogP contribution is 2.22. The van der Waals surface area contributed by atoms with E-state index < -0.39 is 0 Å². The summed E-state index contributed by atoms with van der Waals surface area (Å²) in [6.45, 7) is 2.01. The van der Waals surface area contributed by atoms with Crippen molar-refractivity contribution in [2.45, 2.75) is 45.1 Å². The van der Waals surface area contributed by atoms with E-state index in [9.17, 15) is 0 Å². The van der Waals surface area contributed by atoms with E-state index in [4.69, 9.17) is 0 Å². The van der Waals surface area contributed by atoms with Crippen LogP contribution in [0.1, 0.15) is 37.8 Å². The summed E-state index contributed by atoms with van der Waals surface area (Å²) in [5.74, 6) is 0.902. The summed E-state index contributed by atoms with van der Waals surface area (Å²) in [6.07, 6.45) is 13.6. The lowest BCUT2D eigenvalue weighted by atomic mass is 9.96. The molecular formula is C14H19N5. The summed E-state index contributed by atoms with van der Waals surface area (Å²) >= 11 is 0. The Hall–Kier alpha value is -1.91. The first kappa shape index (κ1) is 12.1. The van der Waals surface area contributed by atoms with Gasteiger partial charge in [0, 0.05) is 12.2 Å². The summed E-state index contributed by atoms with van der Waals surface area (Å²) < 4.78 is 2.03. The molecule has 1 fully saturated rings. The molecule has 5 heteroatoms. The van der Waals surface area contributed by atoms with Gasteiger partial charge >= 0.3 is 0 Å². The van der Waals surface area contributed by atoms with Gasteiger partial charge < -0.3 is 5.32 Å². The maximum Gasteiger partial charge on any atom is 0.208 e. The molecule has 1 N–H and O–H groups in total. The molecule has 2 heterocycles. The molecular weight excluding hydrogens is 238 g/mol. The average Bonchev–Trinajstić information content (AvgIpc) is 2.82. The second-order valence-electron chi connectivity index (χ2n) is 5.15. The molecule has 1 aliphatic rings. The highest BCUT2D eigenvalue weighted by molar-refractivity contribution is 5.41. The topological polar surface area (TPSA) is 55.6 Å². The Labute approximate surface area is 113 Å². The molecule has 1 saturated carbocycles. The molecule has 0 atom stereocenters. The van der Waals surface area contributed by atoms with Crippen LogP contribution in [0.4, 0.5) is 5.95 Å². The van der Waals surface area contributed by atoms with Crippen molar-refractivity contribution in [3.05, 3.63) is 30.6 Å². The number of rotatable bonds is 3. The monoisotopic (exact) mass is 257 g/mol. The van der Waals surface area contributed by atoms with Crippen LogP contribution in [-0.4, -0.2) is 25.6 Å². The number of aromatic nitrogens is 4. The quantitative estimate of drug-likeness (QED) is 0.918. The normalized spacial score (nSPS) is 16.5. The zero-order valence-electron chi connectivity index (χ0n) is 11.2. The van der Waals surface area contributed by atoms with Crippen molar-refractivity contribution < 1.29 is 0 Å². The lowest BCUT2D eigenvalue weighted by Crippen LogP contribution is -2.24. The molecule has 0 amide bonds. The number of aryl methyl sites for hydroxylation is 1. The van der Waals surface area contributed by atoms with Gasteiger partial charge in [0.2, 0.25) is 5.95 Å². The Balaban J connectivity index is 1.85. The molecule has 2 aromatic heterocycles. The molecule has 100 valence electrons. The summed E-state index contributed by atoms with van der Waals surface area (Å²) in [7, 11) is 0. The van der Waals surface area contributed by atoms with Crippen LogP contribution in [0.5, 0.6) is 0 Å². The zero-order valence-corrected chi connectivity index (χ0v) is 11.2. The fourth-order valence-corrected chi connectivity index (χ4v) is 2.64. The van der Waals surface area contributed by atoms with Crippen LogP contribution in [0.2, 0.25) is 0 Å². The average molecular weight is 257 g/mol. The van der Waals surface area contributed by atoms with E-state index in [2.05, 4.69) is 20.3 Å². The fraction of sp³-hybridized carbons (Fsp3) is 0.500. The SMILES string of the molecule is Cc1cn(-c2cncnc2)c(NC2CCCCC2)n1. The van der Waals surface area contributed by atoms with Crippen molar-refractivity contribution >= 4 is 5.95 Å². The molecule has 3 rings (SSSR count). The second-order valence-corrected chi connectivity index (χ2v) is 5.15. The van der Waals surface area contributed by atoms with Crippen molar-refractivity contribution in [3.8, 4) is 5.69 Å². The zero-order chi connectivity index (χ0) is 13.1. The molecule has 0 saturated heterocycles. The molecule has 0 aliphatic heterocycles. The van der Waals surface area contributed by atoms with Crippen LogP contribution < -0.4 is 5.32 Å². The second kappa shape index (κ2) is 5.38. The summed E-state index contributed by atoms with van der Waals surface area (Å²) in [4.78, 5) is 12.7. The summed E-state index contributed by atoms with van der Waals surface area (Å²) in [5, 5.41) is 3.57. The predicted octanol–water partition coefficient (Wildman–Crippen LogP) is 2.72. The van der Waals surface area contributed by atoms with Crippen LogP contribution in [-0.2, 0) is 0 Å². The Morgan fingerprint density at radius 1 is 1.16 bits per heavy atom. The Morgan fingerprint density at radius 2 is 1.89 bits per heavy atom. The molecule has 19 heavy (non-hydrogen) atoms. The van der Waals surface area contributed by atoms with Crippen LogP contribution in [0, 0.1) is 6.92 Å². The maximum atomic E-state index is 4.58. The van der Waals surface area contributed by atoms with E-state index in [0.29, 0.717) is 6.04 Å². The van der Waals surface area contributed by atoms with Gasteiger partial charge in [-0.05, 0) is 19.8 Å². The Kier molecular flexibility index (Phi) is 3.44. The van der Waals surface area contributed by atoms with Crippen molar-refractivity contribution in [3.63, 3.8) is 0 Å². The van der Waals surface area contributed by atoms with E-state index in [0.717, 1.165) is 17.3 Å². The largest absolute Gasteiger partial charge is 0.353 e. The van der Waals surface area contributed by atoms with Gasteiger partial charge in [0.05, 0.1) is 23.8 Å². The number of nitrogens with zero attached hydrogens (tertiary/aromatic N) is 4. The molecule has 0 spiro atoms. The maximum absolute atomic E-state index is 4.58. The molecule has 2 aromatic rings. The van der Waals surface area contributed by atoms with Gasteiger partial charge in [-0.1, -0.05) is 19.3 Å². The van der Waals surface area contributed by atoms with Gasteiger partial charge in [0.1, 0.15) is 6.33 Å². The minimum absolute atomic E-state index is 0.541. The smallest absolute Gasteiger partial charge is 0.208 e. The number of imidazole rings is 1. The van der Waals surface area contributed by atoms with Gasteiger partial charge in [0.25, 0.3) is 0 Å². The van der Waals surface area contributed by atoms with Gasteiger partial charge in [-0.25, -0.2) is 15.0 Å². The molecule has 0 unspecified atom stereocenters. The van der Waals surface area contributed by atoms with E-state index in [-0.39, 0.29) is 0 Å². The van der Waals surface area contributed by atoms with Gasteiger partial charge in [-0.2, -0.15) is 0 Å². The first-order chi connectivity index (χ1) is 9.33. The number of anilines is 1. The summed E-state index contributed by atoms with van der Waals surface area (Å²) in [6, 6.07) is 0.541. The molecule has 5 nitrogen and oxygen atoms in total. The van der Waals surface area contributed by atoms with E-state index in [1.807, 2.05) is 17.7 Å². The highest BCUT2D eigenvalue weighted by atomic mass is 15.2. The highest BCUT2D eigenvalue weighted by Gasteiger charge is 2.16. The molecule has 0 radical (unpaired) electrons. The van der Waals surface area contributed by atoms with Crippen LogP contribution >= 0.6 is 0 Å². The van der Waals surface area contributed by atoms with Crippen molar-refractivity contribution in [1.29, 1.82) is 0 Å². The van der Waals surface area contributed by atoms with Gasteiger partial charge in [0.15, 0.2) is 0 Å². The number of hydrogen-bond donors (Lipinski definition) is 1. The first-order valence-corrected chi connectivity index (χ1v) is 6.91. The van der Waals surface area contributed by atoms with E-state index >= 15 is 0 Å². The number of nitrogens with one attached hydrogen (secondary N) is 1. The minimum atomic E-state index is 0.541. The third-order valence-corrected chi connectivity index (χ3v) is 3.59. The lowest BCUT2D eigenvalue weighted by molar-refractivity contribution is 0.460. The Morgan fingerprint density at radius 3 is 2.63 bits per heavy atom. The predicted molar refractivity (Wildman–Crippen MR) is 74.4 cm³/mol. The third-order valence-electron chi connectivity index (χ3n) is 3.59. The van der Waals surface area contributed by atoms with Crippen molar-refractivity contribution in [2.75, 3.05) is 5.32 Å². The Bertz CT molecular complexity index is 528. The van der Waals surface area contributed by atoms with Crippen LogP contribution in [0.25, 0.3) is 5.69 Å². The third kappa shape index (κ3) is 2.75. The molecule has 0 aromatic carbocycles.